The monoisotopic (exact) mass is 363 g/mol. The lowest BCUT2D eigenvalue weighted by molar-refractivity contribution is -0.148. The lowest BCUT2D eigenvalue weighted by Gasteiger charge is -2.06. The van der Waals surface area contributed by atoms with Gasteiger partial charge in [0.2, 0.25) is 5.91 Å². The Labute approximate surface area is 149 Å². The number of thiazole rings is 1. The molecule has 0 atom stereocenters. The smallest absolute Gasteiger partial charge is 0.306 e. The van der Waals surface area contributed by atoms with Crippen LogP contribution in [0.15, 0.2) is 24.3 Å². The van der Waals surface area contributed by atoms with E-state index in [1.165, 1.54) is 0 Å². The van der Waals surface area contributed by atoms with E-state index in [9.17, 15) is 14.4 Å². The van der Waals surface area contributed by atoms with Gasteiger partial charge in [0, 0.05) is 13.0 Å². The summed E-state index contributed by atoms with van der Waals surface area (Å²) in [5.41, 5.74) is 0.967. The minimum absolute atomic E-state index is 0.123. The van der Waals surface area contributed by atoms with E-state index in [1.54, 1.807) is 18.3 Å². The number of hydrogen-bond acceptors (Lipinski definition) is 6. The Bertz CT molecular complexity index is 711. The Morgan fingerprint density at radius 1 is 1.16 bits per heavy atom. The van der Waals surface area contributed by atoms with E-state index in [2.05, 4.69) is 15.6 Å². The molecule has 7 nitrogen and oxygen atoms in total. The quantitative estimate of drug-likeness (QED) is 0.657. The summed E-state index contributed by atoms with van der Waals surface area (Å²) in [4.78, 5) is 38.8. The normalized spacial score (nSPS) is 10.4. The molecular formula is C17H21N3O4S. The maximum absolute atomic E-state index is 11.7. The van der Waals surface area contributed by atoms with Crippen LogP contribution < -0.4 is 10.6 Å². The summed E-state index contributed by atoms with van der Waals surface area (Å²) in [6, 6.07) is 7.89. The van der Waals surface area contributed by atoms with Gasteiger partial charge in [-0.2, -0.15) is 0 Å². The molecule has 0 fully saturated rings. The molecule has 2 amide bonds. The fourth-order valence-electron chi connectivity index (χ4n) is 2.12. The second kappa shape index (κ2) is 9.73. The molecule has 2 N–H and O–H groups in total. The minimum Gasteiger partial charge on any atom is -0.456 e. The van der Waals surface area contributed by atoms with Crippen molar-refractivity contribution < 1.29 is 19.1 Å². The first-order valence-corrected chi connectivity index (χ1v) is 8.93. The van der Waals surface area contributed by atoms with E-state index in [0.29, 0.717) is 19.4 Å². The number of rotatable bonds is 9. The van der Waals surface area contributed by atoms with Crippen molar-refractivity contribution >= 4 is 39.3 Å². The lowest BCUT2D eigenvalue weighted by atomic mass is 10.2. The van der Waals surface area contributed by atoms with Gasteiger partial charge >= 0.3 is 5.97 Å². The molecular weight excluding hydrogens is 342 g/mol. The van der Waals surface area contributed by atoms with Crippen LogP contribution >= 0.6 is 11.3 Å². The van der Waals surface area contributed by atoms with Gasteiger partial charge in [-0.3, -0.25) is 14.4 Å². The molecule has 0 unspecified atom stereocenters. The van der Waals surface area contributed by atoms with Crippen molar-refractivity contribution in [3.63, 3.8) is 0 Å². The van der Waals surface area contributed by atoms with Crippen molar-refractivity contribution in [2.45, 2.75) is 26.2 Å². The van der Waals surface area contributed by atoms with E-state index >= 15 is 0 Å². The van der Waals surface area contributed by atoms with Crippen LogP contribution in [0.5, 0.6) is 0 Å². The number of benzene rings is 1. The van der Waals surface area contributed by atoms with Crippen molar-refractivity contribution in [3.05, 3.63) is 29.3 Å². The topological polar surface area (TPSA) is 97.4 Å². The Morgan fingerprint density at radius 2 is 1.96 bits per heavy atom. The zero-order valence-electron chi connectivity index (χ0n) is 14.0. The van der Waals surface area contributed by atoms with Crippen molar-refractivity contribution in [3.8, 4) is 0 Å². The summed E-state index contributed by atoms with van der Waals surface area (Å²) in [6.07, 6.45) is 1.52. The molecule has 0 aliphatic heterocycles. The fourth-order valence-corrected chi connectivity index (χ4v) is 3.13. The lowest BCUT2D eigenvalue weighted by Crippen LogP contribution is -2.38. The predicted molar refractivity (Wildman–Crippen MR) is 95.2 cm³/mol. The molecule has 2 aromatic rings. The Hall–Kier alpha value is -2.48. The Kier molecular flexibility index (Phi) is 7.34. The SMILES string of the molecule is CCNC(=O)CNC(=O)COC(=O)CCCc1nc2ccccc2s1. The zero-order valence-corrected chi connectivity index (χ0v) is 14.9. The van der Waals surface area contributed by atoms with Crippen molar-refractivity contribution in [2.75, 3.05) is 19.7 Å². The highest BCUT2D eigenvalue weighted by Gasteiger charge is 2.10. The Balaban J connectivity index is 1.62. The summed E-state index contributed by atoms with van der Waals surface area (Å²) in [7, 11) is 0. The summed E-state index contributed by atoms with van der Waals surface area (Å²) in [6.45, 7) is 1.79. The number of nitrogens with zero attached hydrogens (tertiary/aromatic N) is 1. The minimum atomic E-state index is -0.495. The van der Waals surface area contributed by atoms with Crippen LogP contribution in [0, 0.1) is 0 Å². The number of aromatic nitrogens is 1. The first kappa shape index (κ1) is 18.9. The third-order valence-electron chi connectivity index (χ3n) is 3.29. The number of fused-ring (bicyclic) bond motifs is 1. The summed E-state index contributed by atoms with van der Waals surface area (Å²) < 4.78 is 6.02. The maximum Gasteiger partial charge on any atom is 0.306 e. The molecule has 0 spiro atoms. The molecule has 2 rings (SSSR count). The van der Waals surface area contributed by atoms with Crippen molar-refractivity contribution in [1.82, 2.24) is 15.6 Å². The van der Waals surface area contributed by atoms with Gasteiger partial charge in [0.15, 0.2) is 6.61 Å². The van der Waals surface area contributed by atoms with E-state index < -0.39 is 11.9 Å². The van der Waals surface area contributed by atoms with Gasteiger partial charge in [-0.25, -0.2) is 4.98 Å². The second-order valence-corrected chi connectivity index (χ2v) is 6.44. The largest absolute Gasteiger partial charge is 0.456 e. The highest BCUT2D eigenvalue weighted by molar-refractivity contribution is 7.18. The van der Waals surface area contributed by atoms with Gasteiger partial charge in [0.05, 0.1) is 21.8 Å². The standard InChI is InChI=1S/C17H21N3O4S/c1-2-18-14(21)10-19-15(22)11-24-17(23)9-5-8-16-20-12-6-3-4-7-13(12)25-16/h3-4,6-7H,2,5,8-11H2,1H3,(H,18,21)(H,19,22). The number of para-hydroxylation sites is 1. The van der Waals surface area contributed by atoms with Gasteiger partial charge in [-0.15, -0.1) is 11.3 Å². The first-order chi connectivity index (χ1) is 12.1. The number of likely N-dealkylation sites (N-methyl/N-ethyl adjacent to an activating group) is 1. The number of nitrogens with one attached hydrogen (secondary N) is 2. The third-order valence-corrected chi connectivity index (χ3v) is 4.39. The van der Waals surface area contributed by atoms with E-state index in [1.807, 2.05) is 24.3 Å². The zero-order chi connectivity index (χ0) is 18.1. The molecule has 0 aliphatic carbocycles. The number of hydrogen-bond donors (Lipinski definition) is 2. The van der Waals surface area contributed by atoms with Crippen molar-refractivity contribution in [2.24, 2.45) is 0 Å². The molecule has 0 bridgehead atoms. The molecule has 1 heterocycles. The van der Waals surface area contributed by atoms with E-state index in [0.717, 1.165) is 15.2 Å². The predicted octanol–water partition coefficient (Wildman–Crippen LogP) is 1.41. The van der Waals surface area contributed by atoms with Gasteiger partial charge in [0.25, 0.3) is 5.91 Å². The van der Waals surface area contributed by atoms with Crippen molar-refractivity contribution in [1.29, 1.82) is 0 Å². The van der Waals surface area contributed by atoms with E-state index in [4.69, 9.17) is 4.74 Å². The number of amides is 2. The van der Waals surface area contributed by atoms with Crippen LogP contribution in [0.4, 0.5) is 0 Å². The van der Waals surface area contributed by atoms with Gasteiger partial charge < -0.3 is 15.4 Å². The molecule has 0 aliphatic rings. The number of ether oxygens (including phenoxy) is 1. The summed E-state index contributed by atoms with van der Waals surface area (Å²) in [5.74, 6) is -1.21. The second-order valence-electron chi connectivity index (χ2n) is 5.32. The fraction of sp³-hybridized carbons (Fsp3) is 0.412. The number of carbonyl (C=O) groups excluding carboxylic acids is 3. The molecule has 25 heavy (non-hydrogen) atoms. The van der Waals surface area contributed by atoms with Crippen LogP contribution in [-0.4, -0.2) is 42.5 Å². The Morgan fingerprint density at radius 3 is 2.72 bits per heavy atom. The van der Waals surface area contributed by atoms with Crippen LogP contribution in [0.25, 0.3) is 10.2 Å². The van der Waals surface area contributed by atoms with Crippen LogP contribution in [0.2, 0.25) is 0 Å². The highest BCUT2D eigenvalue weighted by atomic mass is 32.1. The number of esters is 1. The highest BCUT2D eigenvalue weighted by Crippen LogP contribution is 2.22. The number of aryl methyl sites for hydroxylation is 1. The summed E-state index contributed by atoms with van der Waals surface area (Å²) in [5, 5.41) is 5.92. The molecule has 134 valence electrons. The molecule has 8 heteroatoms. The average molecular weight is 363 g/mol. The first-order valence-electron chi connectivity index (χ1n) is 8.12. The third kappa shape index (κ3) is 6.50. The van der Waals surface area contributed by atoms with Gasteiger partial charge in [-0.05, 0) is 31.9 Å². The average Bonchev–Trinajstić information content (AvgIpc) is 3.01. The molecule has 0 radical (unpaired) electrons. The molecule has 0 saturated carbocycles. The van der Waals surface area contributed by atoms with Gasteiger partial charge in [0.1, 0.15) is 0 Å². The van der Waals surface area contributed by atoms with Crippen LogP contribution in [0.1, 0.15) is 24.8 Å². The molecule has 1 aromatic carbocycles. The molecule has 0 saturated heterocycles. The van der Waals surface area contributed by atoms with E-state index in [-0.39, 0.29) is 25.5 Å². The van der Waals surface area contributed by atoms with Gasteiger partial charge in [-0.1, -0.05) is 12.1 Å². The van der Waals surface area contributed by atoms with Crippen LogP contribution in [0.3, 0.4) is 0 Å². The maximum atomic E-state index is 11.7. The summed E-state index contributed by atoms with van der Waals surface area (Å²) >= 11 is 1.62. The molecule has 1 aromatic heterocycles. The van der Waals surface area contributed by atoms with Crippen LogP contribution in [-0.2, 0) is 25.5 Å². The number of carbonyl (C=O) groups is 3.